The summed E-state index contributed by atoms with van der Waals surface area (Å²) in [7, 11) is -5.25. The van der Waals surface area contributed by atoms with E-state index in [4.69, 9.17) is 0 Å². The van der Waals surface area contributed by atoms with Crippen LogP contribution >= 0.6 is 11.3 Å². The van der Waals surface area contributed by atoms with Crippen molar-refractivity contribution >= 4 is 27.3 Å². The van der Waals surface area contributed by atoms with Gasteiger partial charge in [-0.3, -0.25) is 4.99 Å². The second-order valence-corrected chi connectivity index (χ2v) is 9.39. The lowest BCUT2D eigenvalue weighted by atomic mass is 10.1. The minimum absolute atomic E-state index is 0.135. The first-order valence-electron chi connectivity index (χ1n) is 8.66. The maximum atomic E-state index is 12.6. The third-order valence-corrected chi connectivity index (χ3v) is 6.64. The van der Waals surface area contributed by atoms with Gasteiger partial charge >= 0.3 is 15.5 Å². The fourth-order valence-electron chi connectivity index (χ4n) is 2.68. The lowest BCUT2D eigenvalue weighted by Gasteiger charge is -2.32. The number of guanidine groups is 1. The van der Waals surface area contributed by atoms with Crippen molar-refractivity contribution in [1.29, 1.82) is 0 Å². The van der Waals surface area contributed by atoms with Crippen LogP contribution in [0.1, 0.15) is 29.7 Å². The van der Waals surface area contributed by atoms with Gasteiger partial charge in [0.15, 0.2) is 5.96 Å². The summed E-state index contributed by atoms with van der Waals surface area (Å²) in [5.41, 5.74) is -5.25. The Balaban J connectivity index is 1.87. The number of hydrogen-bond donors (Lipinski definition) is 2. The summed E-state index contributed by atoms with van der Waals surface area (Å²) in [5.74, 6) is 0.572. The second kappa shape index (κ2) is 9.20. The predicted molar refractivity (Wildman–Crippen MR) is 99.2 cm³/mol. The van der Waals surface area contributed by atoms with E-state index in [9.17, 15) is 21.6 Å². The molecule has 0 aliphatic carbocycles. The van der Waals surface area contributed by atoms with Gasteiger partial charge in [0.05, 0.1) is 5.01 Å². The topological polar surface area (TPSA) is 86.7 Å². The van der Waals surface area contributed by atoms with Crippen molar-refractivity contribution in [2.75, 3.05) is 26.2 Å². The zero-order valence-corrected chi connectivity index (χ0v) is 16.8. The molecule has 0 aromatic carbocycles. The minimum atomic E-state index is -5.25. The van der Waals surface area contributed by atoms with Crippen LogP contribution in [0.2, 0.25) is 0 Å². The number of sulfonamides is 1. The molecular formula is C15H24F3N5O2S2. The monoisotopic (exact) mass is 427 g/mol. The second-order valence-electron chi connectivity index (χ2n) is 6.14. The smallest absolute Gasteiger partial charge is 0.357 e. The number of thiazole rings is 1. The molecular weight excluding hydrogens is 403 g/mol. The summed E-state index contributed by atoms with van der Waals surface area (Å²) in [6.45, 7) is 4.74. The number of alkyl halides is 3. The molecule has 12 heteroatoms. The Morgan fingerprint density at radius 1 is 1.41 bits per heavy atom. The molecule has 27 heavy (non-hydrogen) atoms. The van der Waals surface area contributed by atoms with Crippen molar-refractivity contribution in [3.63, 3.8) is 0 Å². The van der Waals surface area contributed by atoms with Crippen LogP contribution in [0, 0.1) is 6.92 Å². The normalized spacial score (nSPS) is 17.9. The Labute approximate surface area is 161 Å². The molecule has 0 amide bonds. The largest absolute Gasteiger partial charge is 0.511 e. The van der Waals surface area contributed by atoms with Crippen LogP contribution in [-0.2, 0) is 16.4 Å². The molecule has 1 saturated heterocycles. The van der Waals surface area contributed by atoms with Crippen LogP contribution in [0.15, 0.2) is 11.2 Å². The number of piperidine rings is 1. The molecule has 154 valence electrons. The zero-order chi connectivity index (χ0) is 20.1. The van der Waals surface area contributed by atoms with Crippen LogP contribution < -0.4 is 10.6 Å². The highest BCUT2D eigenvalue weighted by atomic mass is 32.2. The van der Waals surface area contributed by atoms with E-state index in [1.165, 1.54) is 0 Å². The molecule has 1 fully saturated rings. The van der Waals surface area contributed by atoms with Gasteiger partial charge < -0.3 is 10.6 Å². The van der Waals surface area contributed by atoms with Gasteiger partial charge in [0.1, 0.15) is 0 Å². The fourth-order valence-corrected chi connectivity index (χ4v) is 4.44. The summed E-state index contributed by atoms with van der Waals surface area (Å²) in [5, 5.41) is 7.27. The van der Waals surface area contributed by atoms with Crippen LogP contribution in [0.3, 0.4) is 0 Å². The number of nitrogens with zero attached hydrogens (tertiary/aromatic N) is 3. The molecule has 0 saturated carbocycles. The lowest BCUT2D eigenvalue weighted by Crippen LogP contribution is -2.51. The van der Waals surface area contributed by atoms with Crippen LogP contribution in [0.25, 0.3) is 0 Å². The van der Waals surface area contributed by atoms with Crippen LogP contribution in [-0.4, -0.2) is 61.4 Å². The Hall–Kier alpha value is -1.40. The summed E-state index contributed by atoms with van der Waals surface area (Å²) < 4.78 is 61.3. The molecule has 7 nitrogen and oxygen atoms in total. The van der Waals surface area contributed by atoms with Gasteiger partial charge in [-0.25, -0.2) is 13.4 Å². The van der Waals surface area contributed by atoms with Gasteiger partial charge in [-0.1, -0.05) is 0 Å². The van der Waals surface area contributed by atoms with E-state index >= 15 is 0 Å². The zero-order valence-electron chi connectivity index (χ0n) is 15.2. The number of hydrogen-bond acceptors (Lipinski definition) is 5. The quantitative estimate of drug-likeness (QED) is 0.535. The Kier molecular flexibility index (Phi) is 7.46. The summed E-state index contributed by atoms with van der Waals surface area (Å²) >= 11 is 1.62. The molecule has 2 rings (SSSR count). The average Bonchev–Trinajstić information content (AvgIpc) is 3.00. The number of rotatable bonds is 6. The first kappa shape index (κ1) is 21.9. The molecule has 0 atom stereocenters. The van der Waals surface area contributed by atoms with E-state index in [-0.39, 0.29) is 32.0 Å². The highest BCUT2D eigenvalue weighted by Gasteiger charge is 2.50. The fraction of sp³-hybridized carbons (Fsp3) is 0.733. The van der Waals surface area contributed by atoms with Crippen LogP contribution in [0.5, 0.6) is 0 Å². The molecule has 1 aliphatic rings. The molecule has 0 radical (unpaired) electrons. The molecule has 0 spiro atoms. The standard InChI is InChI=1S/C15H24F3N5O2S2/c1-3-19-14(20-7-4-13-21-10-11(2)26-13)22-12-5-8-23(9-6-12)27(24,25)15(16,17)18/h10,12H,3-9H2,1-2H3,(H2,19,20,22). The summed E-state index contributed by atoms with van der Waals surface area (Å²) in [6, 6.07) is -0.135. The molecule has 0 bridgehead atoms. The van der Waals surface area contributed by atoms with Gasteiger partial charge in [-0.2, -0.15) is 17.5 Å². The van der Waals surface area contributed by atoms with E-state index < -0.39 is 15.5 Å². The Bertz CT molecular complexity index is 741. The SMILES string of the molecule is CCNC(=NCCc1ncc(C)s1)NC1CCN(S(=O)(=O)C(F)(F)F)CC1. The average molecular weight is 428 g/mol. The maximum Gasteiger partial charge on any atom is 0.511 e. The third kappa shape index (κ3) is 6.04. The summed E-state index contributed by atoms with van der Waals surface area (Å²) in [6.07, 6.45) is 3.09. The van der Waals surface area contributed by atoms with E-state index in [1.807, 2.05) is 20.0 Å². The van der Waals surface area contributed by atoms with Crippen molar-refractivity contribution in [2.24, 2.45) is 4.99 Å². The van der Waals surface area contributed by atoms with Crippen molar-refractivity contribution in [1.82, 2.24) is 19.9 Å². The third-order valence-electron chi connectivity index (χ3n) is 4.04. The van der Waals surface area contributed by atoms with Crippen molar-refractivity contribution in [3.05, 3.63) is 16.1 Å². The van der Waals surface area contributed by atoms with Crippen molar-refractivity contribution in [2.45, 2.75) is 44.7 Å². The lowest BCUT2D eigenvalue weighted by molar-refractivity contribution is -0.0494. The van der Waals surface area contributed by atoms with Gasteiger partial charge in [0.25, 0.3) is 0 Å². The molecule has 2 heterocycles. The highest BCUT2D eigenvalue weighted by molar-refractivity contribution is 7.90. The van der Waals surface area contributed by atoms with E-state index in [2.05, 4.69) is 20.6 Å². The van der Waals surface area contributed by atoms with Gasteiger partial charge in [0, 0.05) is 49.7 Å². The number of halogens is 3. The molecule has 1 aromatic heterocycles. The van der Waals surface area contributed by atoms with Crippen LogP contribution in [0.4, 0.5) is 13.2 Å². The molecule has 1 aromatic rings. The van der Waals surface area contributed by atoms with E-state index in [1.54, 1.807) is 11.3 Å². The van der Waals surface area contributed by atoms with E-state index in [0.717, 1.165) is 9.88 Å². The first-order valence-corrected chi connectivity index (χ1v) is 10.9. The van der Waals surface area contributed by atoms with Gasteiger partial charge in [-0.15, -0.1) is 11.3 Å². The van der Waals surface area contributed by atoms with Gasteiger partial charge in [-0.05, 0) is 26.7 Å². The maximum absolute atomic E-state index is 12.6. The highest BCUT2D eigenvalue weighted by Crippen LogP contribution is 2.28. The summed E-state index contributed by atoms with van der Waals surface area (Å²) in [4.78, 5) is 9.89. The van der Waals surface area contributed by atoms with Crippen molar-refractivity contribution < 1.29 is 21.6 Å². The number of aliphatic imine (C=N–C) groups is 1. The number of aromatic nitrogens is 1. The molecule has 1 aliphatic heterocycles. The predicted octanol–water partition coefficient (Wildman–Crippen LogP) is 1.86. The number of nitrogens with one attached hydrogen (secondary N) is 2. The minimum Gasteiger partial charge on any atom is -0.357 e. The number of aryl methyl sites for hydroxylation is 1. The Morgan fingerprint density at radius 2 is 2.07 bits per heavy atom. The first-order chi connectivity index (χ1) is 12.6. The molecule has 0 unspecified atom stereocenters. The van der Waals surface area contributed by atoms with Gasteiger partial charge in [0.2, 0.25) is 0 Å². The molecule has 2 N–H and O–H groups in total. The van der Waals surface area contributed by atoms with Crippen molar-refractivity contribution in [3.8, 4) is 0 Å². The van der Waals surface area contributed by atoms with E-state index in [0.29, 0.717) is 29.8 Å². The Morgan fingerprint density at radius 3 is 2.59 bits per heavy atom.